The number of nitrogens with zero attached hydrogens (tertiary/aromatic N) is 1. The molecule has 19 heavy (non-hydrogen) atoms. The van der Waals surface area contributed by atoms with Gasteiger partial charge in [0.25, 0.3) is 0 Å². The molecule has 1 aromatic carbocycles. The molecular formula is C13H20BrNO3S. The summed E-state index contributed by atoms with van der Waals surface area (Å²) in [6.45, 7) is 4.88. The molecule has 1 rings (SSSR count). The van der Waals surface area contributed by atoms with E-state index in [-0.39, 0.29) is 0 Å². The normalized spacial score (nSPS) is 12.1. The topological polar surface area (TPSA) is 46.6 Å². The summed E-state index contributed by atoms with van der Waals surface area (Å²) in [4.78, 5) is 0.379. The van der Waals surface area contributed by atoms with Crippen molar-refractivity contribution in [3.63, 3.8) is 0 Å². The van der Waals surface area contributed by atoms with Crippen molar-refractivity contribution in [3.05, 3.63) is 29.3 Å². The van der Waals surface area contributed by atoms with Crippen LogP contribution < -0.4 is 0 Å². The fourth-order valence-corrected chi connectivity index (χ4v) is 4.16. The number of halogens is 1. The van der Waals surface area contributed by atoms with E-state index in [0.717, 1.165) is 11.1 Å². The highest BCUT2D eigenvalue weighted by molar-refractivity contribution is 9.09. The van der Waals surface area contributed by atoms with Crippen molar-refractivity contribution in [3.8, 4) is 0 Å². The third-order valence-electron chi connectivity index (χ3n) is 2.84. The van der Waals surface area contributed by atoms with Gasteiger partial charge in [-0.3, -0.25) is 0 Å². The summed E-state index contributed by atoms with van der Waals surface area (Å²) in [5.41, 5.74) is 1.71. The first-order chi connectivity index (χ1) is 8.93. The highest BCUT2D eigenvalue weighted by Crippen LogP contribution is 2.21. The van der Waals surface area contributed by atoms with Crippen LogP contribution in [0.5, 0.6) is 0 Å². The summed E-state index contributed by atoms with van der Waals surface area (Å²) < 4.78 is 31.7. The Hall–Kier alpha value is -0.430. The van der Waals surface area contributed by atoms with Crippen LogP contribution in [0.1, 0.15) is 11.1 Å². The molecule has 1 aromatic rings. The predicted octanol–water partition coefficient (Wildman–Crippen LogP) is 2.34. The number of hydrogen-bond acceptors (Lipinski definition) is 3. The molecule has 0 saturated heterocycles. The molecule has 0 unspecified atom stereocenters. The van der Waals surface area contributed by atoms with Crippen molar-refractivity contribution in [1.29, 1.82) is 0 Å². The van der Waals surface area contributed by atoms with Crippen molar-refractivity contribution in [2.75, 3.05) is 32.1 Å². The highest BCUT2D eigenvalue weighted by atomic mass is 79.9. The van der Waals surface area contributed by atoms with Gasteiger partial charge in [-0.05, 0) is 31.0 Å². The van der Waals surface area contributed by atoms with Gasteiger partial charge in [0.1, 0.15) is 0 Å². The maximum absolute atomic E-state index is 12.7. The van der Waals surface area contributed by atoms with Gasteiger partial charge < -0.3 is 4.74 Å². The number of aryl methyl sites for hydroxylation is 2. The van der Waals surface area contributed by atoms with E-state index >= 15 is 0 Å². The molecule has 0 saturated carbocycles. The molecule has 0 bridgehead atoms. The average Bonchev–Trinajstić information content (AvgIpc) is 2.37. The lowest BCUT2D eigenvalue weighted by Gasteiger charge is -2.22. The zero-order chi connectivity index (χ0) is 14.5. The van der Waals surface area contributed by atoms with Crippen molar-refractivity contribution < 1.29 is 13.2 Å². The number of methoxy groups -OCH3 is 1. The Balaban J connectivity index is 3.14. The van der Waals surface area contributed by atoms with Gasteiger partial charge in [0, 0.05) is 25.5 Å². The van der Waals surface area contributed by atoms with Crippen LogP contribution in [-0.2, 0) is 14.8 Å². The predicted molar refractivity (Wildman–Crippen MR) is 80.3 cm³/mol. The molecule has 0 N–H and O–H groups in total. The minimum Gasteiger partial charge on any atom is -0.383 e. The summed E-state index contributed by atoms with van der Waals surface area (Å²) in [7, 11) is -1.90. The fraction of sp³-hybridized carbons (Fsp3) is 0.538. The van der Waals surface area contributed by atoms with Gasteiger partial charge >= 0.3 is 0 Å². The number of sulfonamides is 1. The van der Waals surface area contributed by atoms with Gasteiger partial charge in [-0.25, -0.2) is 8.42 Å². The lowest BCUT2D eigenvalue weighted by molar-refractivity contribution is 0.180. The minimum absolute atomic E-state index is 0.359. The van der Waals surface area contributed by atoms with Crippen molar-refractivity contribution in [2.24, 2.45) is 0 Å². The Labute approximate surface area is 123 Å². The zero-order valence-electron chi connectivity index (χ0n) is 11.5. The molecule has 0 amide bonds. The molecule has 0 atom stereocenters. The Bertz CT molecular complexity index is 517. The van der Waals surface area contributed by atoms with Gasteiger partial charge in [0.2, 0.25) is 10.0 Å². The zero-order valence-corrected chi connectivity index (χ0v) is 13.9. The Kier molecular flexibility index (Phi) is 6.46. The van der Waals surface area contributed by atoms with Crippen molar-refractivity contribution in [2.45, 2.75) is 18.7 Å². The Morgan fingerprint density at radius 2 is 1.95 bits per heavy atom. The summed E-state index contributed by atoms with van der Waals surface area (Å²) in [5, 5.41) is 0.598. The minimum atomic E-state index is -3.47. The van der Waals surface area contributed by atoms with E-state index < -0.39 is 10.0 Å². The SMILES string of the molecule is COCCN(CCBr)S(=O)(=O)c1cc(C)ccc1C. The highest BCUT2D eigenvalue weighted by Gasteiger charge is 2.25. The number of rotatable bonds is 7. The Morgan fingerprint density at radius 3 is 2.53 bits per heavy atom. The average molecular weight is 350 g/mol. The number of benzene rings is 1. The monoisotopic (exact) mass is 349 g/mol. The van der Waals surface area contributed by atoms with Crippen LogP contribution in [-0.4, -0.2) is 44.9 Å². The molecule has 0 aliphatic rings. The van der Waals surface area contributed by atoms with Crippen molar-refractivity contribution >= 4 is 26.0 Å². The second-order valence-corrected chi connectivity index (χ2v) is 7.05. The van der Waals surface area contributed by atoms with Crippen LogP contribution >= 0.6 is 15.9 Å². The van der Waals surface area contributed by atoms with Crippen LogP contribution in [0.2, 0.25) is 0 Å². The summed E-state index contributed by atoms with van der Waals surface area (Å²) in [5.74, 6) is 0. The van der Waals surface area contributed by atoms with Gasteiger partial charge in [-0.2, -0.15) is 4.31 Å². The number of hydrogen-bond donors (Lipinski definition) is 0. The van der Waals surface area contributed by atoms with E-state index in [0.29, 0.717) is 29.9 Å². The molecule has 0 aliphatic carbocycles. The first kappa shape index (κ1) is 16.6. The van der Waals surface area contributed by atoms with Gasteiger partial charge in [0.05, 0.1) is 11.5 Å². The molecule has 0 fully saturated rings. The lowest BCUT2D eigenvalue weighted by atomic mass is 10.2. The smallest absolute Gasteiger partial charge is 0.243 e. The van der Waals surface area contributed by atoms with E-state index in [9.17, 15) is 8.42 Å². The van der Waals surface area contributed by atoms with Gasteiger partial charge in [0.15, 0.2) is 0 Å². The van der Waals surface area contributed by atoms with E-state index in [1.165, 1.54) is 4.31 Å². The van der Waals surface area contributed by atoms with Gasteiger partial charge in [-0.1, -0.05) is 28.1 Å². The van der Waals surface area contributed by atoms with Crippen LogP contribution in [0.4, 0.5) is 0 Å². The van der Waals surface area contributed by atoms with Gasteiger partial charge in [-0.15, -0.1) is 0 Å². The van der Waals surface area contributed by atoms with Crippen LogP contribution in [0.25, 0.3) is 0 Å². The van der Waals surface area contributed by atoms with Crippen molar-refractivity contribution in [1.82, 2.24) is 4.31 Å². The molecule has 6 heteroatoms. The number of alkyl halides is 1. The molecule has 108 valence electrons. The summed E-state index contributed by atoms with van der Waals surface area (Å²) >= 11 is 3.29. The first-order valence-electron chi connectivity index (χ1n) is 6.05. The second kappa shape index (κ2) is 7.38. The third kappa shape index (κ3) is 4.27. The maximum atomic E-state index is 12.7. The van der Waals surface area contributed by atoms with Crippen LogP contribution in [0.3, 0.4) is 0 Å². The second-order valence-electron chi connectivity index (χ2n) is 4.35. The lowest BCUT2D eigenvalue weighted by Crippen LogP contribution is -2.35. The summed E-state index contributed by atoms with van der Waals surface area (Å²) in [6.07, 6.45) is 0. The molecule has 0 aliphatic heterocycles. The molecule has 0 heterocycles. The first-order valence-corrected chi connectivity index (χ1v) is 8.62. The summed E-state index contributed by atoms with van der Waals surface area (Å²) in [6, 6.07) is 5.47. The standard InChI is InChI=1S/C13H20BrNO3S/c1-11-4-5-12(2)13(10-11)19(16,17)15(7-6-14)8-9-18-3/h4-5,10H,6-9H2,1-3H3. The molecule has 0 aromatic heterocycles. The van der Waals surface area contributed by atoms with E-state index in [4.69, 9.17) is 4.74 Å². The molecular weight excluding hydrogens is 330 g/mol. The van der Waals surface area contributed by atoms with E-state index in [2.05, 4.69) is 15.9 Å². The molecule has 0 spiro atoms. The fourth-order valence-electron chi connectivity index (χ4n) is 1.76. The quantitative estimate of drug-likeness (QED) is 0.709. The molecule has 0 radical (unpaired) electrons. The van der Waals surface area contributed by atoms with E-state index in [1.807, 2.05) is 26.0 Å². The number of ether oxygens (including phenoxy) is 1. The molecule has 4 nitrogen and oxygen atoms in total. The van der Waals surface area contributed by atoms with E-state index in [1.54, 1.807) is 13.2 Å². The maximum Gasteiger partial charge on any atom is 0.243 e. The Morgan fingerprint density at radius 1 is 1.26 bits per heavy atom. The van der Waals surface area contributed by atoms with Crippen LogP contribution in [0.15, 0.2) is 23.1 Å². The third-order valence-corrected chi connectivity index (χ3v) is 5.24. The largest absolute Gasteiger partial charge is 0.383 e. The van der Waals surface area contributed by atoms with Crippen LogP contribution in [0, 0.1) is 13.8 Å².